The molecular formula is C22H20N4OS. The molecule has 3 aromatic carbocycles. The van der Waals surface area contributed by atoms with E-state index in [1.807, 2.05) is 79.1 Å². The molecule has 1 heterocycles. The molecule has 1 atom stereocenters. The van der Waals surface area contributed by atoms with Crippen LogP contribution >= 0.6 is 11.8 Å². The summed E-state index contributed by atoms with van der Waals surface area (Å²) in [6.07, 6.45) is 1.68. The zero-order chi connectivity index (χ0) is 19.5. The van der Waals surface area contributed by atoms with Gasteiger partial charge >= 0.3 is 0 Å². The van der Waals surface area contributed by atoms with Gasteiger partial charge in [-0.15, -0.1) is 10.2 Å². The molecule has 4 aromatic rings. The van der Waals surface area contributed by atoms with E-state index in [0.29, 0.717) is 5.16 Å². The van der Waals surface area contributed by atoms with E-state index >= 15 is 0 Å². The highest BCUT2D eigenvalue weighted by molar-refractivity contribution is 8.00. The molecule has 0 aliphatic carbocycles. The molecule has 1 aromatic heterocycles. The molecular weight excluding hydrogens is 368 g/mol. The molecule has 1 N–H and O–H groups in total. The van der Waals surface area contributed by atoms with E-state index in [1.165, 1.54) is 11.8 Å². The van der Waals surface area contributed by atoms with Gasteiger partial charge in [-0.3, -0.25) is 9.36 Å². The van der Waals surface area contributed by atoms with Gasteiger partial charge in [-0.2, -0.15) is 0 Å². The summed E-state index contributed by atoms with van der Waals surface area (Å²) in [7, 11) is 0. The highest BCUT2D eigenvalue weighted by atomic mass is 32.2. The van der Waals surface area contributed by atoms with Crippen molar-refractivity contribution in [2.45, 2.75) is 24.3 Å². The smallest absolute Gasteiger partial charge is 0.237 e. The van der Waals surface area contributed by atoms with Crippen molar-refractivity contribution in [1.82, 2.24) is 14.8 Å². The third-order valence-corrected chi connectivity index (χ3v) is 5.62. The van der Waals surface area contributed by atoms with Crippen LogP contribution in [-0.2, 0) is 4.79 Å². The Morgan fingerprint density at radius 3 is 2.61 bits per heavy atom. The average molecular weight is 388 g/mol. The average Bonchev–Trinajstić information content (AvgIpc) is 3.16. The lowest BCUT2D eigenvalue weighted by molar-refractivity contribution is -0.115. The Bertz CT molecular complexity index is 1140. The highest BCUT2D eigenvalue weighted by Crippen LogP contribution is 2.26. The fourth-order valence-electron chi connectivity index (χ4n) is 3.03. The first-order valence-electron chi connectivity index (χ1n) is 9.04. The number of fused-ring (bicyclic) bond motifs is 1. The second-order valence-corrected chi connectivity index (χ2v) is 7.89. The quantitative estimate of drug-likeness (QED) is 0.497. The molecule has 0 bridgehead atoms. The Hall–Kier alpha value is -3.12. The van der Waals surface area contributed by atoms with E-state index in [2.05, 4.69) is 21.6 Å². The molecule has 4 rings (SSSR count). The molecule has 0 aliphatic rings. The second-order valence-electron chi connectivity index (χ2n) is 6.58. The predicted molar refractivity (Wildman–Crippen MR) is 114 cm³/mol. The second kappa shape index (κ2) is 7.86. The van der Waals surface area contributed by atoms with Gasteiger partial charge in [0.1, 0.15) is 6.33 Å². The number of carbonyl (C=O) groups is 1. The number of para-hydroxylation sites is 1. The number of aromatic nitrogens is 3. The van der Waals surface area contributed by atoms with Gasteiger partial charge in [0.2, 0.25) is 5.91 Å². The van der Waals surface area contributed by atoms with Crippen molar-refractivity contribution in [1.29, 1.82) is 0 Å². The van der Waals surface area contributed by atoms with E-state index in [0.717, 1.165) is 27.7 Å². The Kier molecular flexibility index (Phi) is 5.12. The fourth-order valence-corrected chi connectivity index (χ4v) is 3.86. The molecule has 0 fully saturated rings. The first kappa shape index (κ1) is 18.3. The molecule has 0 spiro atoms. The maximum absolute atomic E-state index is 12.7. The molecule has 6 heteroatoms. The summed E-state index contributed by atoms with van der Waals surface area (Å²) >= 11 is 1.39. The molecule has 0 saturated heterocycles. The summed E-state index contributed by atoms with van der Waals surface area (Å²) in [6, 6.07) is 22.0. The van der Waals surface area contributed by atoms with E-state index < -0.39 is 0 Å². The third kappa shape index (κ3) is 3.77. The maximum Gasteiger partial charge on any atom is 0.237 e. The van der Waals surface area contributed by atoms with Gasteiger partial charge < -0.3 is 5.32 Å². The Morgan fingerprint density at radius 2 is 1.79 bits per heavy atom. The SMILES string of the molecule is Cc1ccccc1-n1cnnc1SC(C)C(=O)Nc1ccc2ccccc2c1. The van der Waals surface area contributed by atoms with E-state index in [1.54, 1.807) is 6.33 Å². The zero-order valence-corrected chi connectivity index (χ0v) is 16.5. The molecule has 0 aliphatic heterocycles. The minimum atomic E-state index is -0.321. The number of nitrogens with zero attached hydrogens (tertiary/aromatic N) is 3. The van der Waals surface area contributed by atoms with Gasteiger partial charge in [0.25, 0.3) is 0 Å². The number of amides is 1. The van der Waals surface area contributed by atoms with Crippen LogP contribution in [0.4, 0.5) is 5.69 Å². The van der Waals surface area contributed by atoms with Crippen LogP contribution < -0.4 is 5.32 Å². The number of hydrogen-bond donors (Lipinski definition) is 1. The van der Waals surface area contributed by atoms with Crippen LogP contribution in [0.1, 0.15) is 12.5 Å². The number of hydrogen-bond acceptors (Lipinski definition) is 4. The van der Waals surface area contributed by atoms with Crippen molar-refractivity contribution < 1.29 is 4.79 Å². The van der Waals surface area contributed by atoms with Crippen LogP contribution in [-0.4, -0.2) is 25.9 Å². The van der Waals surface area contributed by atoms with Gasteiger partial charge in [-0.05, 0) is 48.4 Å². The number of nitrogens with one attached hydrogen (secondary N) is 1. The number of thioether (sulfide) groups is 1. The van der Waals surface area contributed by atoms with Gasteiger partial charge in [0, 0.05) is 5.69 Å². The van der Waals surface area contributed by atoms with Crippen molar-refractivity contribution in [3.63, 3.8) is 0 Å². The lowest BCUT2D eigenvalue weighted by atomic mass is 10.1. The summed E-state index contributed by atoms with van der Waals surface area (Å²) in [6.45, 7) is 3.91. The molecule has 5 nitrogen and oxygen atoms in total. The topological polar surface area (TPSA) is 59.8 Å². The van der Waals surface area contributed by atoms with Crippen molar-refractivity contribution in [2.24, 2.45) is 0 Å². The van der Waals surface area contributed by atoms with E-state index in [-0.39, 0.29) is 11.2 Å². The zero-order valence-electron chi connectivity index (χ0n) is 15.7. The summed E-state index contributed by atoms with van der Waals surface area (Å²) in [5, 5.41) is 13.8. The van der Waals surface area contributed by atoms with Crippen molar-refractivity contribution in [3.05, 3.63) is 78.6 Å². The minimum absolute atomic E-state index is 0.0698. The number of aryl methyl sites for hydroxylation is 1. The lowest BCUT2D eigenvalue weighted by Crippen LogP contribution is -2.22. The Balaban J connectivity index is 1.49. The van der Waals surface area contributed by atoms with Crippen LogP contribution in [0.15, 0.2) is 78.2 Å². The van der Waals surface area contributed by atoms with Crippen molar-refractivity contribution in [3.8, 4) is 5.69 Å². The normalized spacial score (nSPS) is 12.1. The predicted octanol–water partition coefficient (Wildman–Crippen LogP) is 4.85. The molecule has 1 unspecified atom stereocenters. The van der Waals surface area contributed by atoms with Crippen LogP contribution in [0.2, 0.25) is 0 Å². The first-order valence-corrected chi connectivity index (χ1v) is 9.92. The van der Waals surface area contributed by atoms with Crippen LogP contribution in [0.5, 0.6) is 0 Å². The lowest BCUT2D eigenvalue weighted by Gasteiger charge is -2.14. The van der Waals surface area contributed by atoms with Gasteiger partial charge in [0.05, 0.1) is 10.9 Å². The molecule has 140 valence electrons. The minimum Gasteiger partial charge on any atom is -0.325 e. The fraction of sp³-hybridized carbons (Fsp3) is 0.136. The largest absolute Gasteiger partial charge is 0.325 e. The standard InChI is InChI=1S/C22H20N4OS/c1-15-7-3-6-10-20(15)26-14-23-25-22(26)28-16(2)21(27)24-19-12-11-17-8-4-5-9-18(17)13-19/h3-14,16H,1-2H3,(H,24,27). The number of carbonyl (C=O) groups excluding carboxylic acids is 1. The van der Waals surface area contributed by atoms with Crippen molar-refractivity contribution in [2.75, 3.05) is 5.32 Å². The highest BCUT2D eigenvalue weighted by Gasteiger charge is 2.19. The van der Waals surface area contributed by atoms with Crippen LogP contribution in [0.3, 0.4) is 0 Å². The van der Waals surface area contributed by atoms with Gasteiger partial charge in [-0.25, -0.2) is 0 Å². The molecule has 0 radical (unpaired) electrons. The molecule has 1 amide bonds. The monoisotopic (exact) mass is 388 g/mol. The van der Waals surface area contributed by atoms with Gasteiger partial charge in [-0.1, -0.05) is 60.3 Å². The van der Waals surface area contributed by atoms with Gasteiger partial charge in [0.15, 0.2) is 5.16 Å². The molecule has 0 saturated carbocycles. The maximum atomic E-state index is 12.7. The Labute approximate surface area is 167 Å². The summed E-state index contributed by atoms with van der Waals surface area (Å²) < 4.78 is 1.92. The summed E-state index contributed by atoms with van der Waals surface area (Å²) in [4.78, 5) is 12.7. The molecule has 28 heavy (non-hydrogen) atoms. The summed E-state index contributed by atoms with van der Waals surface area (Å²) in [5.41, 5.74) is 2.92. The van der Waals surface area contributed by atoms with Crippen molar-refractivity contribution >= 4 is 34.1 Å². The first-order chi connectivity index (χ1) is 13.6. The Morgan fingerprint density at radius 1 is 1.04 bits per heavy atom. The number of benzene rings is 3. The van der Waals surface area contributed by atoms with Crippen LogP contribution in [0, 0.1) is 6.92 Å². The number of rotatable bonds is 5. The summed E-state index contributed by atoms with van der Waals surface area (Å²) in [5.74, 6) is -0.0698. The number of anilines is 1. The van der Waals surface area contributed by atoms with E-state index in [9.17, 15) is 4.79 Å². The van der Waals surface area contributed by atoms with E-state index in [4.69, 9.17) is 0 Å². The third-order valence-electron chi connectivity index (χ3n) is 4.56. The van der Waals surface area contributed by atoms with Crippen LogP contribution in [0.25, 0.3) is 16.5 Å².